The summed E-state index contributed by atoms with van der Waals surface area (Å²) in [5.74, 6) is -2.70. The molecule has 2 atom stereocenters. The van der Waals surface area contributed by atoms with Crippen LogP contribution in [0.3, 0.4) is 0 Å². The van der Waals surface area contributed by atoms with E-state index in [1.165, 1.54) is 11.5 Å². The van der Waals surface area contributed by atoms with Gasteiger partial charge in [-0.2, -0.15) is 10.2 Å². The highest BCUT2D eigenvalue weighted by Crippen LogP contribution is 2.49. The lowest BCUT2D eigenvalue weighted by Gasteiger charge is -2.36. The van der Waals surface area contributed by atoms with Crippen molar-refractivity contribution in [2.24, 2.45) is 13.0 Å². The first-order chi connectivity index (χ1) is 24.4. The number of aliphatic hydroxyl groups is 1. The summed E-state index contributed by atoms with van der Waals surface area (Å²) in [5, 5.41) is 21.7. The van der Waals surface area contributed by atoms with E-state index in [4.69, 9.17) is 14.8 Å². The van der Waals surface area contributed by atoms with Crippen LogP contribution in [0, 0.1) is 30.3 Å². The predicted molar refractivity (Wildman–Crippen MR) is 190 cm³/mol. The van der Waals surface area contributed by atoms with Crippen molar-refractivity contribution in [1.29, 1.82) is 0 Å². The van der Waals surface area contributed by atoms with Gasteiger partial charge in [0.1, 0.15) is 34.6 Å². The van der Waals surface area contributed by atoms with Gasteiger partial charge in [-0.15, -0.1) is 11.3 Å². The fourth-order valence-electron chi connectivity index (χ4n) is 7.51. The molecule has 1 amide bonds. The second-order valence-electron chi connectivity index (χ2n) is 13.6. The van der Waals surface area contributed by atoms with Crippen LogP contribution in [0.25, 0.3) is 54.8 Å². The summed E-state index contributed by atoms with van der Waals surface area (Å²) in [7, 11) is 1.85. The van der Waals surface area contributed by atoms with Gasteiger partial charge in [0.15, 0.2) is 0 Å². The molecule has 51 heavy (non-hydrogen) atoms. The van der Waals surface area contributed by atoms with Gasteiger partial charge in [0.05, 0.1) is 57.7 Å². The first kappa shape index (κ1) is 33.2. The summed E-state index contributed by atoms with van der Waals surface area (Å²) in [4.78, 5) is 19.7. The zero-order valence-electron chi connectivity index (χ0n) is 28.5. The van der Waals surface area contributed by atoms with E-state index in [0.717, 1.165) is 40.1 Å². The van der Waals surface area contributed by atoms with E-state index in [1.807, 2.05) is 50.7 Å². The van der Waals surface area contributed by atoms with E-state index < -0.39 is 23.6 Å². The standard InChI is InChI=1S/C38H35F3N6O3S/c1-6-32(49)46-15-18(2)47-29(20(46)4)14-28(44-47)37-35(33-26(40)12-23(39)13-31(33)50-16-21-9-24(48)10-21)34-27(41)17-51-38(34)36(42-37)22-7-8-25-19(3)43-45(5)30(25)11-22/h6-8,11-14,17-18,20-21,24,48H,1,9-10,15-16H2,2-5H3/t18-,20+,21?,24?/m0/s1. The van der Waals surface area contributed by atoms with Crippen molar-refractivity contribution in [2.75, 3.05) is 13.2 Å². The van der Waals surface area contributed by atoms with Crippen LogP contribution in [0.4, 0.5) is 13.2 Å². The Balaban J connectivity index is 1.40. The van der Waals surface area contributed by atoms with Crippen LogP contribution in [-0.4, -0.2) is 59.7 Å². The van der Waals surface area contributed by atoms with Gasteiger partial charge < -0.3 is 14.7 Å². The molecular formula is C38H35F3N6O3S. The Bertz CT molecular complexity index is 2390. The Morgan fingerprint density at radius 1 is 1.08 bits per heavy atom. The number of rotatable bonds is 7. The summed E-state index contributed by atoms with van der Waals surface area (Å²) in [6.45, 7) is 9.91. The number of hydrogen-bond acceptors (Lipinski definition) is 7. The van der Waals surface area contributed by atoms with E-state index in [9.17, 15) is 14.3 Å². The highest BCUT2D eigenvalue weighted by atomic mass is 32.1. The number of aryl methyl sites for hydroxylation is 2. The average Bonchev–Trinajstić information content (AvgIpc) is 3.79. The molecule has 1 saturated carbocycles. The van der Waals surface area contributed by atoms with Crippen molar-refractivity contribution in [3.63, 3.8) is 0 Å². The molecule has 0 saturated heterocycles. The van der Waals surface area contributed by atoms with Gasteiger partial charge in [-0.1, -0.05) is 18.7 Å². The van der Waals surface area contributed by atoms with Crippen molar-refractivity contribution in [1.82, 2.24) is 29.4 Å². The summed E-state index contributed by atoms with van der Waals surface area (Å²) in [6, 6.07) is 8.83. The number of pyridine rings is 1. The molecule has 262 valence electrons. The number of carbonyl (C=O) groups excluding carboxylic acids is 1. The average molecular weight is 713 g/mol. The maximum absolute atomic E-state index is 16.3. The number of benzene rings is 2. The maximum atomic E-state index is 16.3. The minimum absolute atomic E-state index is 0.00618. The number of carbonyl (C=O) groups is 1. The zero-order valence-corrected chi connectivity index (χ0v) is 29.3. The lowest BCUT2D eigenvalue weighted by Crippen LogP contribution is -2.42. The Labute approximate surface area is 295 Å². The number of halogens is 3. The van der Waals surface area contributed by atoms with Gasteiger partial charge in [0, 0.05) is 53.0 Å². The number of hydrogen-bond donors (Lipinski definition) is 1. The first-order valence-electron chi connectivity index (χ1n) is 16.8. The first-order valence-corrected chi connectivity index (χ1v) is 17.7. The summed E-state index contributed by atoms with van der Waals surface area (Å²) >= 11 is 1.14. The molecule has 0 bridgehead atoms. The normalized spacial score (nSPS) is 20.1. The quantitative estimate of drug-likeness (QED) is 0.169. The van der Waals surface area contributed by atoms with Crippen LogP contribution < -0.4 is 4.74 Å². The molecule has 9 nitrogen and oxygen atoms in total. The lowest BCUT2D eigenvalue weighted by molar-refractivity contribution is -0.129. The number of nitrogens with zero attached hydrogens (tertiary/aromatic N) is 6. The molecule has 2 aliphatic rings. The molecule has 13 heteroatoms. The number of thiophene rings is 1. The van der Waals surface area contributed by atoms with E-state index in [-0.39, 0.29) is 58.5 Å². The van der Waals surface area contributed by atoms with E-state index in [0.29, 0.717) is 46.7 Å². The molecule has 5 heterocycles. The summed E-state index contributed by atoms with van der Waals surface area (Å²) in [6.07, 6.45) is 1.87. The molecule has 0 unspecified atom stereocenters. The molecule has 0 spiro atoms. The second kappa shape index (κ2) is 12.3. The largest absolute Gasteiger partial charge is 0.492 e. The zero-order chi connectivity index (χ0) is 35.9. The lowest BCUT2D eigenvalue weighted by atomic mass is 9.83. The number of ether oxygens (including phenoxy) is 1. The van der Waals surface area contributed by atoms with Gasteiger partial charge in [-0.25, -0.2) is 18.2 Å². The minimum Gasteiger partial charge on any atom is -0.492 e. The maximum Gasteiger partial charge on any atom is 0.246 e. The molecule has 0 radical (unpaired) electrons. The van der Waals surface area contributed by atoms with Crippen molar-refractivity contribution < 1.29 is 27.8 Å². The highest BCUT2D eigenvalue weighted by Gasteiger charge is 2.35. The van der Waals surface area contributed by atoms with Crippen molar-refractivity contribution >= 4 is 38.2 Å². The molecular weight excluding hydrogens is 678 g/mol. The molecule has 1 fully saturated rings. The van der Waals surface area contributed by atoms with Gasteiger partial charge in [0.2, 0.25) is 5.91 Å². The van der Waals surface area contributed by atoms with Crippen molar-refractivity contribution in [3.8, 4) is 39.5 Å². The third-order valence-electron chi connectivity index (χ3n) is 10.2. The molecule has 6 aromatic rings. The van der Waals surface area contributed by atoms with Gasteiger partial charge >= 0.3 is 0 Å². The molecule has 1 aliphatic heterocycles. The molecule has 1 N–H and O–H groups in total. The third kappa shape index (κ3) is 5.41. The number of amides is 1. The fraction of sp³-hybridized carbons (Fsp3) is 0.316. The van der Waals surface area contributed by atoms with Crippen LogP contribution in [0.2, 0.25) is 0 Å². The molecule has 8 rings (SSSR count). The monoisotopic (exact) mass is 712 g/mol. The third-order valence-corrected chi connectivity index (χ3v) is 11.1. The van der Waals surface area contributed by atoms with Crippen LogP contribution >= 0.6 is 11.3 Å². The Hall–Kier alpha value is -5.01. The Morgan fingerprint density at radius 2 is 1.86 bits per heavy atom. The smallest absolute Gasteiger partial charge is 0.246 e. The van der Waals surface area contributed by atoms with Gasteiger partial charge in [-0.05, 0) is 57.7 Å². The summed E-state index contributed by atoms with van der Waals surface area (Å²) in [5.41, 5.74) is 4.04. The van der Waals surface area contributed by atoms with Crippen molar-refractivity contribution in [2.45, 2.75) is 51.8 Å². The molecule has 4 aromatic heterocycles. The molecule has 1 aliphatic carbocycles. The Kier molecular flexibility index (Phi) is 8.02. The highest BCUT2D eigenvalue weighted by molar-refractivity contribution is 7.17. The van der Waals surface area contributed by atoms with Gasteiger partial charge in [0.25, 0.3) is 0 Å². The SMILES string of the molecule is C=CC(=O)N1C[C@H](C)n2nc(-c3nc(-c4ccc5c(C)nn(C)c5c4)c4scc(F)c4c3-c3c(F)cc(F)cc3OCC3CC(O)C3)cc2[C@H]1C. The van der Waals surface area contributed by atoms with E-state index in [1.54, 1.807) is 15.6 Å². The Morgan fingerprint density at radius 3 is 2.61 bits per heavy atom. The van der Waals surface area contributed by atoms with Gasteiger partial charge in [-0.3, -0.25) is 14.2 Å². The number of aromatic nitrogens is 5. The fourth-order valence-corrected chi connectivity index (χ4v) is 8.44. The molecule has 2 aromatic carbocycles. The van der Waals surface area contributed by atoms with Crippen LogP contribution in [-0.2, 0) is 11.8 Å². The topological polar surface area (TPSA) is 98.3 Å². The van der Waals surface area contributed by atoms with Crippen LogP contribution in [0.1, 0.15) is 50.2 Å². The number of fused-ring (bicyclic) bond motifs is 3. The van der Waals surface area contributed by atoms with Crippen LogP contribution in [0.15, 0.2) is 54.4 Å². The minimum atomic E-state index is -0.943. The van der Waals surface area contributed by atoms with E-state index in [2.05, 4.69) is 11.7 Å². The van der Waals surface area contributed by atoms with Crippen molar-refractivity contribution in [3.05, 3.63) is 83.3 Å². The second-order valence-corrected chi connectivity index (χ2v) is 14.5. The summed E-state index contributed by atoms with van der Waals surface area (Å²) < 4.78 is 57.7. The predicted octanol–water partition coefficient (Wildman–Crippen LogP) is 7.91. The number of aliphatic hydroxyl groups excluding tert-OH is 1. The van der Waals surface area contributed by atoms with Crippen LogP contribution in [0.5, 0.6) is 5.75 Å². The van der Waals surface area contributed by atoms with E-state index >= 15 is 8.78 Å².